The highest BCUT2D eigenvalue weighted by Crippen LogP contribution is 2.44. The Hall–Kier alpha value is -1.39. The predicted molar refractivity (Wildman–Crippen MR) is 69.3 cm³/mol. The molecular weight excluding hydrogens is 228 g/mol. The number of nitrogens with zero attached hydrogens (tertiary/aromatic N) is 1. The van der Waals surface area contributed by atoms with Crippen molar-refractivity contribution in [1.29, 1.82) is 0 Å². The van der Waals surface area contributed by atoms with Gasteiger partial charge in [-0.25, -0.2) is 4.98 Å². The van der Waals surface area contributed by atoms with Crippen molar-refractivity contribution in [3.05, 3.63) is 30.2 Å². The van der Waals surface area contributed by atoms with Crippen molar-refractivity contribution >= 4 is 11.1 Å². The zero-order valence-corrected chi connectivity index (χ0v) is 10.4. The van der Waals surface area contributed by atoms with E-state index in [0.29, 0.717) is 6.61 Å². The normalized spacial score (nSPS) is 17.2. The number of aliphatic hydroxyl groups excluding tert-OH is 1. The molecule has 2 aromatic rings. The van der Waals surface area contributed by atoms with Crippen LogP contribution in [0.4, 0.5) is 0 Å². The average molecular weight is 246 g/mol. The monoisotopic (exact) mass is 246 g/mol. The fourth-order valence-electron chi connectivity index (χ4n) is 2.21. The zero-order valence-electron chi connectivity index (χ0n) is 10.4. The second-order valence-electron chi connectivity index (χ2n) is 5.24. The summed E-state index contributed by atoms with van der Waals surface area (Å²) in [5.74, 6) is 0. The highest BCUT2D eigenvalue weighted by Gasteiger charge is 2.41. The third kappa shape index (κ3) is 2.40. The largest absolute Gasteiger partial charge is 0.443 e. The summed E-state index contributed by atoms with van der Waals surface area (Å²) in [4.78, 5) is 4.10. The van der Waals surface area contributed by atoms with E-state index in [4.69, 9.17) is 4.42 Å². The van der Waals surface area contributed by atoms with Gasteiger partial charge in [0.05, 0.1) is 0 Å². The minimum atomic E-state index is 0.189. The first-order valence-electron chi connectivity index (χ1n) is 6.45. The number of nitrogens with one attached hydrogen (secondary N) is 1. The van der Waals surface area contributed by atoms with Gasteiger partial charge in [-0.15, -0.1) is 0 Å². The van der Waals surface area contributed by atoms with E-state index in [1.54, 1.807) is 0 Å². The molecule has 1 aliphatic rings. The van der Waals surface area contributed by atoms with Gasteiger partial charge in [-0.3, -0.25) is 0 Å². The molecule has 0 radical (unpaired) electrons. The number of benzene rings is 1. The summed E-state index contributed by atoms with van der Waals surface area (Å²) in [7, 11) is 0. The standard InChI is InChI=1S/C14H18N2O2/c17-9-14(4-5-14)8-15-6-3-11-1-2-12-13(7-11)18-10-16-12/h1-2,7,10,15,17H,3-6,8-9H2. The summed E-state index contributed by atoms with van der Waals surface area (Å²) < 4.78 is 5.28. The molecule has 4 heteroatoms. The average Bonchev–Trinajstić information content (AvgIpc) is 3.03. The number of fused-ring (bicyclic) bond motifs is 1. The van der Waals surface area contributed by atoms with Crippen LogP contribution in [0.1, 0.15) is 18.4 Å². The molecule has 0 aliphatic heterocycles. The molecule has 0 atom stereocenters. The van der Waals surface area contributed by atoms with Gasteiger partial charge in [0.25, 0.3) is 0 Å². The van der Waals surface area contributed by atoms with Gasteiger partial charge >= 0.3 is 0 Å². The first-order chi connectivity index (χ1) is 8.81. The van der Waals surface area contributed by atoms with Gasteiger partial charge in [-0.1, -0.05) is 6.07 Å². The number of oxazole rings is 1. The van der Waals surface area contributed by atoms with Crippen LogP contribution >= 0.6 is 0 Å². The molecule has 1 aromatic carbocycles. The van der Waals surface area contributed by atoms with Crippen molar-refractivity contribution in [3.63, 3.8) is 0 Å². The Bertz CT molecular complexity index is 531. The molecule has 0 bridgehead atoms. The Balaban J connectivity index is 1.50. The van der Waals surface area contributed by atoms with E-state index >= 15 is 0 Å². The summed E-state index contributed by atoms with van der Waals surface area (Å²) in [6, 6.07) is 6.12. The fraction of sp³-hybridized carbons (Fsp3) is 0.500. The lowest BCUT2D eigenvalue weighted by molar-refractivity contribution is 0.208. The van der Waals surface area contributed by atoms with Crippen molar-refractivity contribution in [3.8, 4) is 0 Å². The Morgan fingerprint density at radius 1 is 1.39 bits per heavy atom. The van der Waals surface area contributed by atoms with Gasteiger partial charge in [0.15, 0.2) is 12.0 Å². The number of aromatic nitrogens is 1. The van der Waals surface area contributed by atoms with E-state index in [1.165, 1.54) is 12.0 Å². The summed E-state index contributed by atoms with van der Waals surface area (Å²) >= 11 is 0. The first kappa shape index (κ1) is 11.7. The number of aliphatic hydroxyl groups is 1. The Morgan fingerprint density at radius 3 is 3.06 bits per heavy atom. The Kier molecular flexibility index (Phi) is 3.06. The second-order valence-corrected chi connectivity index (χ2v) is 5.24. The first-order valence-corrected chi connectivity index (χ1v) is 6.45. The fourth-order valence-corrected chi connectivity index (χ4v) is 2.21. The van der Waals surface area contributed by atoms with Crippen LogP contribution in [0.2, 0.25) is 0 Å². The van der Waals surface area contributed by atoms with Crippen LogP contribution < -0.4 is 5.32 Å². The summed E-state index contributed by atoms with van der Waals surface area (Å²) in [6.07, 6.45) is 4.75. The molecule has 0 unspecified atom stereocenters. The minimum Gasteiger partial charge on any atom is -0.443 e. The van der Waals surface area contributed by atoms with E-state index < -0.39 is 0 Å². The molecule has 1 aromatic heterocycles. The van der Waals surface area contributed by atoms with E-state index in [9.17, 15) is 5.11 Å². The number of hydrogen-bond acceptors (Lipinski definition) is 4. The van der Waals surface area contributed by atoms with Gasteiger partial charge in [-0.05, 0) is 43.5 Å². The minimum absolute atomic E-state index is 0.189. The molecule has 18 heavy (non-hydrogen) atoms. The Labute approximate surface area is 106 Å². The summed E-state index contributed by atoms with van der Waals surface area (Å²) in [6.45, 7) is 2.17. The lowest BCUT2D eigenvalue weighted by Gasteiger charge is -2.12. The topological polar surface area (TPSA) is 58.3 Å². The van der Waals surface area contributed by atoms with Gasteiger partial charge in [-0.2, -0.15) is 0 Å². The maximum atomic E-state index is 9.21. The van der Waals surface area contributed by atoms with Crippen molar-refractivity contribution < 1.29 is 9.52 Å². The van der Waals surface area contributed by atoms with Crippen LogP contribution in [-0.4, -0.2) is 29.8 Å². The lowest BCUT2D eigenvalue weighted by Crippen LogP contribution is -2.28. The van der Waals surface area contributed by atoms with E-state index in [1.807, 2.05) is 12.1 Å². The maximum absolute atomic E-state index is 9.21. The molecule has 1 heterocycles. The van der Waals surface area contributed by atoms with Crippen LogP contribution in [0.15, 0.2) is 29.0 Å². The van der Waals surface area contributed by atoms with Gasteiger partial charge < -0.3 is 14.8 Å². The van der Waals surface area contributed by atoms with Gasteiger partial charge in [0, 0.05) is 18.6 Å². The quantitative estimate of drug-likeness (QED) is 0.762. The molecule has 0 spiro atoms. The molecule has 0 amide bonds. The molecule has 4 nitrogen and oxygen atoms in total. The molecule has 3 rings (SSSR count). The third-order valence-electron chi connectivity index (χ3n) is 3.78. The van der Waals surface area contributed by atoms with Crippen molar-refractivity contribution in [1.82, 2.24) is 10.3 Å². The highest BCUT2D eigenvalue weighted by molar-refractivity contribution is 5.72. The van der Waals surface area contributed by atoms with Gasteiger partial charge in [0.2, 0.25) is 0 Å². The molecule has 1 fully saturated rings. The summed E-state index contributed by atoms with van der Waals surface area (Å²) in [5.41, 5.74) is 3.19. The molecule has 0 saturated heterocycles. The predicted octanol–water partition coefficient (Wildman–Crippen LogP) is 1.73. The van der Waals surface area contributed by atoms with E-state index in [-0.39, 0.29) is 5.41 Å². The number of rotatable bonds is 6. The molecule has 2 N–H and O–H groups in total. The third-order valence-corrected chi connectivity index (χ3v) is 3.78. The van der Waals surface area contributed by atoms with Crippen LogP contribution in [-0.2, 0) is 6.42 Å². The highest BCUT2D eigenvalue weighted by atomic mass is 16.3. The second kappa shape index (κ2) is 4.71. The lowest BCUT2D eigenvalue weighted by atomic mass is 10.1. The van der Waals surface area contributed by atoms with Crippen LogP contribution in [0.3, 0.4) is 0 Å². The number of hydrogen-bond donors (Lipinski definition) is 2. The smallest absolute Gasteiger partial charge is 0.181 e. The van der Waals surface area contributed by atoms with Crippen molar-refractivity contribution in [2.24, 2.45) is 5.41 Å². The summed E-state index contributed by atoms with van der Waals surface area (Å²) in [5, 5.41) is 12.6. The molecule has 96 valence electrons. The van der Waals surface area contributed by atoms with Crippen molar-refractivity contribution in [2.45, 2.75) is 19.3 Å². The maximum Gasteiger partial charge on any atom is 0.181 e. The molecular formula is C14H18N2O2. The van der Waals surface area contributed by atoms with Crippen LogP contribution in [0.5, 0.6) is 0 Å². The van der Waals surface area contributed by atoms with E-state index in [0.717, 1.165) is 43.5 Å². The zero-order chi connectivity index (χ0) is 12.4. The van der Waals surface area contributed by atoms with E-state index in [2.05, 4.69) is 16.4 Å². The SMILES string of the molecule is OCC1(CNCCc2ccc3ncoc3c2)CC1. The van der Waals surface area contributed by atoms with Crippen molar-refractivity contribution in [2.75, 3.05) is 19.7 Å². The molecule has 1 aliphatic carbocycles. The van der Waals surface area contributed by atoms with Crippen LogP contribution in [0.25, 0.3) is 11.1 Å². The van der Waals surface area contributed by atoms with Gasteiger partial charge in [0.1, 0.15) is 5.52 Å². The Morgan fingerprint density at radius 2 is 2.28 bits per heavy atom. The van der Waals surface area contributed by atoms with Crippen LogP contribution in [0, 0.1) is 5.41 Å². The molecule has 1 saturated carbocycles.